The summed E-state index contributed by atoms with van der Waals surface area (Å²) in [5.74, 6) is 0.807. The Morgan fingerprint density at radius 1 is 1.17 bits per heavy atom. The maximum atomic E-state index is 13.9. The lowest BCUT2D eigenvalue weighted by Crippen LogP contribution is -2.29. The molecule has 0 bridgehead atoms. The van der Waals surface area contributed by atoms with Crippen LogP contribution in [0.15, 0.2) is 36.8 Å². The van der Waals surface area contributed by atoms with Gasteiger partial charge in [0.1, 0.15) is 29.5 Å². The van der Waals surface area contributed by atoms with Crippen molar-refractivity contribution < 1.29 is 18.6 Å². The van der Waals surface area contributed by atoms with Gasteiger partial charge in [0, 0.05) is 32.8 Å². The Hall–Kier alpha value is -2.39. The molecule has 1 saturated carbocycles. The van der Waals surface area contributed by atoms with Crippen LogP contribution in [-0.4, -0.2) is 33.9 Å². The summed E-state index contributed by atoms with van der Waals surface area (Å²) in [4.78, 5) is 8.63. The summed E-state index contributed by atoms with van der Waals surface area (Å²) in [6, 6.07) is 6.44. The molecule has 9 heteroatoms. The minimum atomic E-state index is -0.332. The third-order valence-electron chi connectivity index (χ3n) is 5.06. The average Bonchev–Trinajstić information content (AvgIpc) is 3.06. The molecule has 158 valence electrons. The summed E-state index contributed by atoms with van der Waals surface area (Å²) in [5, 5.41) is 3.29. The van der Waals surface area contributed by atoms with Gasteiger partial charge in [0.05, 0.1) is 17.3 Å². The molecule has 1 fully saturated rings. The van der Waals surface area contributed by atoms with E-state index < -0.39 is 0 Å². The van der Waals surface area contributed by atoms with Gasteiger partial charge in [0.2, 0.25) is 0 Å². The Labute approximate surface area is 175 Å². The van der Waals surface area contributed by atoms with Crippen molar-refractivity contribution in [1.29, 1.82) is 0 Å². The monoisotopic (exact) mass is 424 g/mol. The topological polar surface area (TPSA) is 61.2 Å². The lowest BCUT2D eigenvalue weighted by atomic mass is 9.95. The smallest absolute Gasteiger partial charge is 0.158 e. The molecule has 29 heavy (non-hydrogen) atoms. The zero-order chi connectivity index (χ0) is 18.8. The molecule has 0 unspecified atom stereocenters. The summed E-state index contributed by atoms with van der Waals surface area (Å²) in [5.41, 5.74) is 2.40. The highest BCUT2D eigenvalue weighted by Crippen LogP contribution is 2.33. The van der Waals surface area contributed by atoms with Crippen LogP contribution in [0.5, 0.6) is 5.75 Å². The number of methoxy groups -OCH3 is 1. The van der Waals surface area contributed by atoms with E-state index in [2.05, 4.69) is 15.3 Å². The number of aromatic nitrogens is 3. The molecule has 2 atom stereocenters. The molecule has 3 aromatic rings. The normalized spacial score (nSPS) is 18.6. The van der Waals surface area contributed by atoms with Crippen LogP contribution in [0, 0.1) is 5.82 Å². The highest BCUT2D eigenvalue weighted by molar-refractivity contribution is 7.59. The number of hydrogen-bond acceptors (Lipinski definition) is 5. The van der Waals surface area contributed by atoms with Crippen molar-refractivity contribution in [3.63, 3.8) is 0 Å². The number of fused-ring (bicyclic) bond motifs is 1. The van der Waals surface area contributed by atoms with Gasteiger partial charge in [-0.2, -0.15) is 13.5 Å². The van der Waals surface area contributed by atoms with Crippen LogP contribution >= 0.6 is 13.5 Å². The second kappa shape index (κ2) is 9.89. The van der Waals surface area contributed by atoms with Crippen LogP contribution < -0.4 is 10.1 Å². The zero-order valence-corrected chi connectivity index (χ0v) is 17.4. The van der Waals surface area contributed by atoms with Gasteiger partial charge in [-0.05, 0) is 37.5 Å². The molecule has 1 aliphatic carbocycles. The minimum absolute atomic E-state index is 0. The van der Waals surface area contributed by atoms with Crippen molar-refractivity contribution in [3.8, 4) is 5.75 Å². The minimum Gasteiger partial charge on any atom is -0.488 e. The number of hydrogen-bond donors (Lipinski definition) is 1. The number of halogens is 2. The molecule has 1 aromatic carbocycles. The quantitative estimate of drug-likeness (QED) is 0.656. The van der Waals surface area contributed by atoms with Gasteiger partial charge in [0.25, 0.3) is 0 Å². The van der Waals surface area contributed by atoms with Gasteiger partial charge in [-0.1, -0.05) is 0 Å². The van der Waals surface area contributed by atoms with Crippen molar-refractivity contribution in [3.05, 3.63) is 42.6 Å². The Balaban J connectivity index is 0.00000150. The van der Waals surface area contributed by atoms with Gasteiger partial charge in [-0.25, -0.2) is 14.4 Å². The Morgan fingerprint density at radius 3 is 2.76 bits per heavy atom. The zero-order valence-electron chi connectivity index (χ0n) is 16.4. The number of nitrogens with zero attached hydrogens (tertiary/aromatic N) is 3. The van der Waals surface area contributed by atoms with Crippen LogP contribution in [0.2, 0.25) is 0 Å². The second-order valence-electron chi connectivity index (χ2n) is 6.91. The molecular formula is C20H26F2N4O2S. The van der Waals surface area contributed by atoms with E-state index in [1.165, 1.54) is 18.5 Å². The van der Waals surface area contributed by atoms with Crippen molar-refractivity contribution in [2.45, 2.75) is 37.9 Å². The molecule has 1 N–H and O–H groups in total. The number of ether oxygens (including phenoxy) is 2. The SMILES string of the molecule is CO[C@H]1CCC[C@@H](Oc2cc(F)ccc2Nc2ncnc3ccn(C)c23)C1.F.S. The lowest BCUT2D eigenvalue weighted by Gasteiger charge is -2.29. The average molecular weight is 425 g/mol. The van der Waals surface area contributed by atoms with Gasteiger partial charge in [0.15, 0.2) is 5.82 Å². The van der Waals surface area contributed by atoms with Crippen LogP contribution in [0.25, 0.3) is 11.0 Å². The molecule has 4 rings (SSSR count). The second-order valence-corrected chi connectivity index (χ2v) is 6.91. The van der Waals surface area contributed by atoms with Gasteiger partial charge in [-0.3, -0.25) is 4.70 Å². The third-order valence-corrected chi connectivity index (χ3v) is 5.06. The standard InChI is InChI=1S/C20H23FN4O2.FH.H2S/c1-25-9-8-17-19(25)20(23-12-22-17)24-16-7-6-13(21)10-18(16)27-15-5-3-4-14(11-15)26-2;;/h6-10,12,14-15H,3-5,11H2,1-2H3,(H,22,23,24);1H;1H2/t14-,15+;;/m0../s1. The molecule has 0 amide bonds. The largest absolute Gasteiger partial charge is 0.488 e. The third kappa shape index (κ3) is 4.97. The molecule has 6 nitrogen and oxygen atoms in total. The Morgan fingerprint density at radius 2 is 1.97 bits per heavy atom. The Bertz CT molecular complexity index is 953. The van der Waals surface area contributed by atoms with Crippen molar-refractivity contribution >= 4 is 36.0 Å². The van der Waals surface area contributed by atoms with E-state index in [0.717, 1.165) is 36.7 Å². The van der Waals surface area contributed by atoms with Gasteiger partial charge in [-0.15, -0.1) is 0 Å². The Kier molecular flexibility index (Phi) is 7.80. The van der Waals surface area contributed by atoms with E-state index in [0.29, 0.717) is 17.3 Å². The van der Waals surface area contributed by atoms with E-state index in [9.17, 15) is 4.39 Å². The summed E-state index contributed by atoms with van der Waals surface area (Å²) >= 11 is 0. The van der Waals surface area contributed by atoms with Crippen LogP contribution in [0.4, 0.5) is 20.6 Å². The van der Waals surface area contributed by atoms with E-state index in [1.807, 2.05) is 23.9 Å². The number of anilines is 2. The molecule has 1 aliphatic rings. The predicted molar refractivity (Wildman–Crippen MR) is 115 cm³/mol. The summed E-state index contributed by atoms with van der Waals surface area (Å²) in [7, 11) is 3.66. The van der Waals surface area contributed by atoms with E-state index in [-0.39, 0.29) is 36.2 Å². The van der Waals surface area contributed by atoms with Gasteiger partial charge < -0.3 is 19.4 Å². The predicted octanol–water partition coefficient (Wildman–Crippen LogP) is 4.45. The van der Waals surface area contributed by atoms with Gasteiger partial charge >= 0.3 is 0 Å². The fraction of sp³-hybridized carbons (Fsp3) is 0.400. The molecule has 2 aromatic heterocycles. The van der Waals surface area contributed by atoms with E-state index in [4.69, 9.17) is 9.47 Å². The molecule has 0 spiro atoms. The maximum absolute atomic E-state index is 13.9. The first-order valence-corrected chi connectivity index (χ1v) is 9.16. The number of benzene rings is 1. The number of nitrogens with one attached hydrogen (secondary N) is 1. The highest BCUT2D eigenvalue weighted by atomic mass is 32.1. The van der Waals surface area contributed by atoms with Crippen LogP contribution in [-0.2, 0) is 11.8 Å². The van der Waals surface area contributed by atoms with Crippen molar-refractivity contribution in [2.75, 3.05) is 12.4 Å². The van der Waals surface area contributed by atoms with Crippen molar-refractivity contribution in [1.82, 2.24) is 14.5 Å². The first kappa shape index (κ1) is 22.9. The summed E-state index contributed by atoms with van der Waals surface area (Å²) < 4.78 is 27.5. The lowest BCUT2D eigenvalue weighted by molar-refractivity contribution is 0.0211. The van der Waals surface area contributed by atoms with Crippen LogP contribution in [0.3, 0.4) is 0 Å². The van der Waals surface area contributed by atoms with E-state index in [1.54, 1.807) is 13.2 Å². The van der Waals surface area contributed by atoms with Crippen LogP contribution in [0.1, 0.15) is 25.7 Å². The molecule has 0 saturated heterocycles. The first-order chi connectivity index (χ1) is 13.1. The molecular weight excluding hydrogens is 398 g/mol. The molecule has 0 aliphatic heterocycles. The number of rotatable bonds is 5. The maximum Gasteiger partial charge on any atom is 0.158 e. The summed E-state index contributed by atoms with van der Waals surface area (Å²) in [6.07, 6.45) is 7.46. The molecule has 2 heterocycles. The summed E-state index contributed by atoms with van der Waals surface area (Å²) in [6.45, 7) is 0. The molecule has 0 radical (unpaired) electrons. The van der Waals surface area contributed by atoms with E-state index >= 15 is 0 Å². The first-order valence-electron chi connectivity index (χ1n) is 9.16. The fourth-order valence-electron chi connectivity index (χ4n) is 3.64. The van der Waals surface area contributed by atoms with Crippen molar-refractivity contribution in [2.24, 2.45) is 7.05 Å². The fourth-order valence-corrected chi connectivity index (χ4v) is 3.64. The highest BCUT2D eigenvalue weighted by Gasteiger charge is 2.24. The number of aryl methyl sites for hydroxylation is 1.